The second kappa shape index (κ2) is 10.3. The molecule has 0 saturated heterocycles. The third-order valence-corrected chi connectivity index (χ3v) is 5.99. The maximum atomic E-state index is 12.8. The van der Waals surface area contributed by atoms with Gasteiger partial charge in [-0.05, 0) is 49.2 Å². The fraction of sp³-hybridized carbons (Fsp3) is 0.381. The molecule has 0 aliphatic heterocycles. The summed E-state index contributed by atoms with van der Waals surface area (Å²) in [5.74, 6) is 0.898. The molecule has 0 saturated carbocycles. The van der Waals surface area contributed by atoms with E-state index in [1.54, 1.807) is 19.2 Å². The van der Waals surface area contributed by atoms with Crippen LogP contribution in [-0.2, 0) is 10.0 Å². The van der Waals surface area contributed by atoms with E-state index in [1.807, 2.05) is 19.9 Å². The van der Waals surface area contributed by atoms with Gasteiger partial charge in [0.05, 0.1) is 27.4 Å². The Morgan fingerprint density at radius 3 is 2.20 bits per heavy atom. The highest BCUT2D eigenvalue weighted by molar-refractivity contribution is 7.89. The summed E-state index contributed by atoms with van der Waals surface area (Å²) < 4.78 is 43.3. The van der Waals surface area contributed by atoms with Crippen molar-refractivity contribution in [1.29, 1.82) is 0 Å². The highest BCUT2D eigenvalue weighted by Gasteiger charge is 2.22. The lowest BCUT2D eigenvalue weighted by Crippen LogP contribution is -2.28. The number of sulfonamides is 1. The number of ether oxygens (including phenoxy) is 3. The molecule has 2 N–H and O–H groups in total. The van der Waals surface area contributed by atoms with Crippen molar-refractivity contribution in [2.24, 2.45) is 0 Å². The van der Waals surface area contributed by atoms with Crippen molar-refractivity contribution >= 4 is 15.9 Å². The quantitative estimate of drug-likeness (QED) is 0.594. The van der Waals surface area contributed by atoms with Crippen molar-refractivity contribution < 1.29 is 27.4 Å². The van der Waals surface area contributed by atoms with Crippen LogP contribution in [0.3, 0.4) is 0 Å². The maximum absolute atomic E-state index is 12.8. The predicted octanol–water partition coefficient (Wildman–Crippen LogP) is 2.89. The molecule has 30 heavy (non-hydrogen) atoms. The van der Waals surface area contributed by atoms with Gasteiger partial charge in [0.25, 0.3) is 5.91 Å². The molecule has 1 amide bonds. The molecule has 8 nitrogen and oxygen atoms in total. The summed E-state index contributed by atoms with van der Waals surface area (Å²) in [6.45, 7) is 3.97. The normalized spacial score (nSPS) is 12.2. The molecule has 0 fully saturated rings. The minimum absolute atomic E-state index is 0.0788. The van der Waals surface area contributed by atoms with Gasteiger partial charge < -0.3 is 19.5 Å². The fourth-order valence-corrected chi connectivity index (χ4v) is 4.15. The van der Waals surface area contributed by atoms with Crippen LogP contribution in [0.1, 0.15) is 42.2 Å². The minimum Gasteiger partial charge on any atom is -0.495 e. The number of carbonyl (C=O) groups excluding carboxylic acids is 1. The summed E-state index contributed by atoms with van der Waals surface area (Å²) in [4.78, 5) is 12.7. The molecule has 2 aromatic rings. The van der Waals surface area contributed by atoms with E-state index < -0.39 is 15.9 Å². The Balaban J connectivity index is 2.27. The number of benzene rings is 2. The third kappa shape index (κ3) is 5.43. The number of carbonyl (C=O) groups is 1. The number of hydrogen-bond acceptors (Lipinski definition) is 6. The van der Waals surface area contributed by atoms with Gasteiger partial charge in [-0.1, -0.05) is 13.0 Å². The van der Waals surface area contributed by atoms with Crippen molar-refractivity contribution in [3.05, 3.63) is 47.5 Å². The van der Waals surface area contributed by atoms with Crippen LogP contribution >= 0.6 is 0 Å². The van der Waals surface area contributed by atoms with Gasteiger partial charge in [0.1, 0.15) is 10.6 Å². The van der Waals surface area contributed by atoms with E-state index >= 15 is 0 Å². The lowest BCUT2D eigenvalue weighted by atomic mass is 10.1. The SMILES string of the molecule is CCCNS(=O)(=O)c1cc(C(=O)N[C@@H](C)c2ccc(OC)c(OC)c2)ccc1OC. The van der Waals surface area contributed by atoms with Crippen LogP contribution in [0.2, 0.25) is 0 Å². The van der Waals surface area contributed by atoms with E-state index in [2.05, 4.69) is 10.0 Å². The van der Waals surface area contributed by atoms with Crippen LogP contribution in [0, 0.1) is 0 Å². The van der Waals surface area contributed by atoms with Crippen molar-refractivity contribution in [3.8, 4) is 17.2 Å². The average molecular weight is 437 g/mol. The zero-order chi connectivity index (χ0) is 22.3. The first-order chi connectivity index (χ1) is 14.3. The highest BCUT2D eigenvalue weighted by atomic mass is 32.2. The molecule has 164 valence electrons. The number of methoxy groups -OCH3 is 3. The molecule has 0 radical (unpaired) electrons. The minimum atomic E-state index is -3.80. The Labute approximate surface area is 177 Å². The van der Waals surface area contributed by atoms with Gasteiger partial charge in [0, 0.05) is 12.1 Å². The smallest absolute Gasteiger partial charge is 0.251 e. The molecule has 0 aromatic heterocycles. The van der Waals surface area contributed by atoms with Crippen molar-refractivity contribution in [2.45, 2.75) is 31.2 Å². The lowest BCUT2D eigenvalue weighted by molar-refractivity contribution is 0.0939. The van der Waals surface area contributed by atoms with E-state index in [0.29, 0.717) is 17.9 Å². The molecule has 1 atom stereocenters. The van der Waals surface area contributed by atoms with Gasteiger partial charge in [-0.2, -0.15) is 0 Å². The van der Waals surface area contributed by atoms with Crippen molar-refractivity contribution in [2.75, 3.05) is 27.9 Å². The second-order valence-electron chi connectivity index (χ2n) is 6.57. The van der Waals surface area contributed by atoms with E-state index in [9.17, 15) is 13.2 Å². The molecule has 0 aliphatic carbocycles. The highest BCUT2D eigenvalue weighted by Crippen LogP contribution is 2.30. The Bertz CT molecular complexity index is 991. The Hall–Kier alpha value is -2.78. The largest absolute Gasteiger partial charge is 0.495 e. The average Bonchev–Trinajstić information content (AvgIpc) is 2.76. The van der Waals surface area contributed by atoms with Crippen molar-refractivity contribution in [3.63, 3.8) is 0 Å². The monoisotopic (exact) mass is 436 g/mol. The van der Waals surface area contributed by atoms with Gasteiger partial charge in [0.15, 0.2) is 11.5 Å². The summed E-state index contributed by atoms with van der Waals surface area (Å²) in [7, 11) is 0.666. The Morgan fingerprint density at radius 1 is 0.967 bits per heavy atom. The molecule has 0 aliphatic rings. The molecule has 9 heteroatoms. The van der Waals surface area contributed by atoms with Crippen LogP contribution < -0.4 is 24.2 Å². The summed E-state index contributed by atoms with van der Waals surface area (Å²) in [5.41, 5.74) is 1.02. The van der Waals surface area contributed by atoms with Gasteiger partial charge in [-0.15, -0.1) is 0 Å². The van der Waals surface area contributed by atoms with Crippen LogP contribution in [0.25, 0.3) is 0 Å². The summed E-state index contributed by atoms with van der Waals surface area (Å²) in [6.07, 6.45) is 0.643. The molecule has 0 spiro atoms. The molecule has 2 rings (SSSR count). The topological polar surface area (TPSA) is 103 Å². The van der Waals surface area contributed by atoms with Crippen LogP contribution in [-0.4, -0.2) is 42.2 Å². The second-order valence-corrected chi connectivity index (χ2v) is 8.31. The van der Waals surface area contributed by atoms with Gasteiger partial charge in [-0.3, -0.25) is 4.79 Å². The number of nitrogens with one attached hydrogen (secondary N) is 2. The first kappa shape index (κ1) is 23.5. The fourth-order valence-electron chi connectivity index (χ4n) is 2.83. The number of rotatable bonds is 10. The van der Waals surface area contributed by atoms with Crippen molar-refractivity contribution in [1.82, 2.24) is 10.0 Å². The summed E-state index contributed by atoms with van der Waals surface area (Å²) in [5, 5.41) is 2.87. The molecule has 0 bridgehead atoms. The van der Waals surface area contributed by atoms with E-state index in [0.717, 1.165) is 5.56 Å². The van der Waals surface area contributed by atoms with Gasteiger partial charge in [-0.25, -0.2) is 13.1 Å². The summed E-state index contributed by atoms with van der Waals surface area (Å²) in [6, 6.07) is 9.32. The Morgan fingerprint density at radius 2 is 1.60 bits per heavy atom. The zero-order valence-electron chi connectivity index (χ0n) is 17.8. The zero-order valence-corrected chi connectivity index (χ0v) is 18.6. The molecular formula is C21H28N2O6S. The maximum Gasteiger partial charge on any atom is 0.251 e. The molecule has 0 heterocycles. The Kier molecular flexibility index (Phi) is 8.08. The van der Waals surface area contributed by atoms with Crippen LogP contribution in [0.5, 0.6) is 17.2 Å². The molecule has 0 unspecified atom stereocenters. The standard InChI is InChI=1S/C21H28N2O6S/c1-6-11-22-30(25,26)20-13-16(8-10-18(20)28-4)21(24)23-14(2)15-7-9-17(27-3)19(12-15)29-5/h7-10,12-14,22H,6,11H2,1-5H3,(H,23,24)/t14-/m0/s1. The van der Waals surface area contributed by atoms with Crippen LogP contribution in [0.15, 0.2) is 41.3 Å². The van der Waals surface area contributed by atoms with Gasteiger partial charge in [0.2, 0.25) is 10.0 Å². The van der Waals surface area contributed by atoms with E-state index in [-0.39, 0.29) is 28.8 Å². The first-order valence-electron chi connectivity index (χ1n) is 9.47. The number of amides is 1. The predicted molar refractivity (Wildman–Crippen MR) is 114 cm³/mol. The van der Waals surface area contributed by atoms with Crippen LogP contribution in [0.4, 0.5) is 0 Å². The van der Waals surface area contributed by atoms with E-state index in [4.69, 9.17) is 14.2 Å². The summed E-state index contributed by atoms with van der Waals surface area (Å²) >= 11 is 0. The third-order valence-electron chi connectivity index (χ3n) is 4.51. The lowest BCUT2D eigenvalue weighted by Gasteiger charge is -2.17. The number of hydrogen-bond donors (Lipinski definition) is 2. The van der Waals surface area contributed by atoms with Gasteiger partial charge >= 0.3 is 0 Å². The van der Waals surface area contributed by atoms with E-state index in [1.165, 1.54) is 32.4 Å². The molecular weight excluding hydrogens is 408 g/mol. The molecule has 2 aromatic carbocycles. The first-order valence-corrected chi connectivity index (χ1v) is 11.0.